The number of aromatic nitrogens is 2. The molecule has 0 aliphatic heterocycles. The molecule has 0 saturated heterocycles. The standard InChI is InChI=1S/C20H24N2O2/c1-2-3-4-6-12-18-15-21-20(22-16-18)24-19(23)14-9-13-17-10-7-5-8-11-17/h5,7-11,14-16H,2-4,6,12-13H2,1H3. The minimum atomic E-state index is -0.457. The molecule has 0 radical (unpaired) electrons. The van der Waals surface area contributed by atoms with E-state index in [2.05, 4.69) is 16.9 Å². The molecule has 0 N–H and O–H groups in total. The Balaban J connectivity index is 1.75. The van der Waals surface area contributed by atoms with E-state index in [0.717, 1.165) is 24.0 Å². The van der Waals surface area contributed by atoms with Crippen molar-refractivity contribution in [2.45, 2.75) is 45.4 Å². The highest BCUT2D eigenvalue weighted by Gasteiger charge is 2.04. The summed E-state index contributed by atoms with van der Waals surface area (Å²) in [6, 6.07) is 10.0. The van der Waals surface area contributed by atoms with E-state index in [1.807, 2.05) is 30.3 Å². The number of nitrogens with zero attached hydrogens (tertiary/aromatic N) is 2. The SMILES string of the molecule is CCCCCCc1cnc(OC(=O)C=CCc2ccccc2)nc1. The van der Waals surface area contributed by atoms with Crippen molar-refractivity contribution >= 4 is 5.97 Å². The molecule has 4 heteroatoms. The highest BCUT2D eigenvalue weighted by molar-refractivity contribution is 5.83. The predicted molar refractivity (Wildman–Crippen MR) is 94.8 cm³/mol. The van der Waals surface area contributed by atoms with Gasteiger partial charge >= 0.3 is 12.0 Å². The molecule has 1 heterocycles. The van der Waals surface area contributed by atoms with Crippen LogP contribution in [0.3, 0.4) is 0 Å². The number of aryl methyl sites for hydroxylation is 1. The third-order valence-corrected chi connectivity index (χ3v) is 3.64. The summed E-state index contributed by atoms with van der Waals surface area (Å²) in [6.07, 6.45) is 13.1. The minimum Gasteiger partial charge on any atom is -0.388 e. The highest BCUT2D eigenvalue weighted by atomic mass is 16.5. The molecule has 0 unspecified atom stereocenters. The first-order valence-corrected chi connectivity index (χ1v) is 8.51. The van der Waals surface area contributed by atoms with Crippen LogP contribution in [0.5, 0.6) is 6.01 Å². The van der Waals surface area contributed by atoms with Crippen LogP contribution in [0, 0.1) is 0 Å². The van der Waals surface area contributed by atoms with Crippen molar-refractivity contribution in [1.29, 1.82) is 0 Å². The van der Waals surface area contributed by atoms with Crippen molar-refractivity contribution in [1.82, 2.24) is 9.97 Å². The molecule has 0 aliphatic carbocycles. The monoisotopic (exact) mass is 324 g/mol. The minimum absolute atomic E-state index is 0.0988. The van der Waals surface area contributed by atoms with E-state index < -0.39 is 5.97 Å². The van der Waals surface area contributed by atoms with Crippen molar-refractivity contribution < 1.29 is 9.53 Å². The molecule has 0 bridgehead atoms. The molecule has 126 valence electrons. The van der Waals surface area contributed by atoms with E-state index in [9.17, 15) is 4.79 Å². The number of unbranched alkanes of at least 4 members (excludes halogenated alkanes) is 3. The van der Waals surface area contributed by atoms with Gasteiger partial charge in [0.05, 0.1) is 0 Å². The Kier molecular flexibility index (Phi) is 7.68. The lowest BCUT2D eigenvalue weighted by Gasteiger charge is -2.02. The number of hydrogen-bond donors (Lipinski definition) is 0. The third-order valence-electron chi connectivity index (χ3n) is 3.64. The van der Waals surface area contributed by atoms with Gasteiger partial charge in [0.2, 0.25) is 0 Å². The molecular formula is C20H24N2O2. The molecule has 1 aromatic heterocycles. The van der Waals surface area contributed by atoms with Gasteiger partial charge in [0.15, 0.2) is 0 Å². The Hall–Kier alpha value is -2.49. The second-order valence-corrected chi connectivity index (χ2v) is 5.70. The zero-order valence-electron chi connectivity index (χ0n) is 14.1. The van der Waals surface area contributed by atoms with Crippen molar-refractivity contribution in [2.75, 3.05) is 0 Å². The van der Waals surface area contributed by atoms with Crippen molar-refractivity contribution in [3.05, 3.63) is 66.0 Å². The third kappa shape index (κ3) is 6.73. The quantitative estimate of drug-likeness (QED) is 0.392. The smallest absolute Gasteiger partial charge is 0.338 e. The van der Waals surface area contributed by atoms with Crippen LogP contribution in [-0.2, 0) is 17.6 Å². The lowest BCUT2D eigenvalue weighted by atomic mass is 10.1. The predicted octanol–water partition coefficient (Wildman–Crippen LogP) is 4.30. The second kappa shape index (κ2) is 10.3. The number of carbonyl (C=O) groups excluding carboxylic acids is 1. The van der Waals surface area contributed by atoms with Crippen LogP contribution >= 0.6 is 0 Å². The number of hydrogen-bond acceptors (Lipinski definition) is 4. The summed E-state index contributed by atoms with van der Waals surface area (Å²) in [5, 5.41) is 0. The maximum atomic E-state index is 11.7. The molecule has 24 heavy (non-hydrogen) atoms. The molecule has 0 aliphatic rings. The average Bonchev–Trinajstić information content (AvgIpc) is 2.61. The van der Waals surface area contributed by atoms with Gasteiger partial charge in [-0.25, -0.2) is 14.8 Å². The number of allylic oxidation sites excluding steroid dienone is 1. The fourth-order valence-corrected chi connectivity index (χ4v) is 2.31. The van der Waals surface area contributed by atoms with Crippen LogP contribution in [0.1, 0.15) is 43.7 Å². The Morgan fingerprint density at radius 3 is 2.50 bits per heavy atom. The average molecular weight is 324 g/mol. The number of carbonyl (C=O) groups is 1. The van der Waals surface area contributed by atoms with Crippen LogP contribution in [-0.4, -0.2) is 15.9 Å². The van der Waals surface area contributed by atoms with Gasteiger partial charge in [0, 0.05) is 18.5 Å². The summed E-state index contributed by atoms with van der Waals surface area (Å²) >= 11 is 0. The molecule has 2 rings (SSSR count). The lowest BCUT2D eigenvalue weighted by Crippen LogP contribution is -2.07. The molecule has 0 fully saturated rings. The maximum absolute atomic E-state index is 11.7. The van der Waals surface area contributed by atoms with Crippen LogP contribution in [0.2, 0.25) is 0 Å². The first kappa shape index (κ1) is 17.9. The highest BCUT2D eigenvalue weighted by Crippen LogP contribution is 2.08. The zero-order chi connectivity index (χ0) is 17.0. The van der Waals surface area contributed by atoms with Crippen LogP contribution < -0.4 is 4.74 Å². The molecule has 2 aromatic rings. The zero-order valence-corrected chi connectivity index (χ0v) is 14.1. The lowest BCUT2D eigenvalue weighted by molar-refractivity contribution is -0.129. The first-order valence-electron chi connectivity index (χ1n) is 8.51. The molecule has 0 amide bonds. The maximum Gasteiger partial charge on any atom is 0.338 e. The van der Waals surface area contributed by atoms with E-state index in [1.54, 1.807) is 18.5 Å². The number of rotatable bonds is 9. The Labute approximate surface area is 143 Å². The summed E-state index contributed by atoms with van der Waals surface area (Å²) < 4.78 is 5.10. The van der Waals surface area contributed by atoms with E-state index in [4.69, 9.17) is 4.74 Å². The number of esters is 1. The van der Waals surface area contributed by atoms with Crippen molar-refractivity contribution in [3.63, 3.8) is 0 Å². The summed E-state index contributed by atoms with van der Waals surface area (Å²) in [5.74, 6) is -0.457. The van der Waals surface area contributed by atoms with Gasteiger partial charge in [-0.3, -0.25) is 0 Å². The number of ether oxygens (including phenoxy) is 1. The Bertz CT molecular complexity index is 636. The van der Waals surface area contributed by atoms with Gasteiger partial charge in [-0.2, -0.15) is 0 Å². The Morgan fingerprint density at radius 1 is 1.04 bits per heavy atom. The molecule has 4 nitrogen and oxygen atoms in total. The van der Waals surface area contributed by atoms with Crippen LogP contribution in [0.4, 0.5) is 0 Å². The number of benzene rings is 1. The topological polar surface area (TPSA) is 52.1 Å². The van der Waals surface area contributed by atoms with E-state index >= 15 is 0 Å². The normalized spacial score (nSPS) is 10.9. The van der Waals surface area contributed by atoms with Gasteiger partial charge < -0.3 is 4.74 Å². The van der Waals surface area contributed by atoms with Gasteiger partial charge in [0.1, 0.15) is 0 Å². The van der Waals surface area contributed by atoms with Gasteiger partial charge in [0.25, 0.3) is 0 Å². The summed E-state index contributed by atoms with van der Waals surface area (Å²) in [7, 11) is 0. The summed E-state index contributed by atoms with van der Waals surface area (Å²) in [4.78, 5) is 19.9. The fraction of sp³-hybridized carbons (Fsp3) is 0.350. The second-order valence-electron chi connectivity index (χ2n) is 5.70. The summed E-state index contributed by atoms with van der Waals surface area (Å²) in [5.41, 5.74) is 2.22. The van der Waals surface area contributed by atoms with E-state index in [-0.39, 0.29) is 6.01 Å². The molecule has 0 atom stereocenters. The fourth-order valence-electron chi connectivity index (χ4n) is 2.31. The van der Waals surface area contributed by atoms with E-state index in [1.165, 1.54) is 25.3 Å². The summed E-state index contributed by atoms with van der Waals surface area (Å²) in [6.45, 7) is 2.19. The first-order chi connectivity index (χ1) is 11.8. The largest absolute Gasteiger partial charge is 0.388 e. The van der Waals surface area contributed by atoms with Crippen molar-refractivity contribution in [2.24, 2.45) is 0 Å². The van der Waals surface area contributed by atoms with E-state index in [0.29, 0.717) is 6.42 Å². The molecular weight excluding hydrogens is 300 g/mol. The van der Waals surface area contributed by atoms with Crippen LogP contribution in [0.15, 0.2) is 54.9 Å². The molecule has 0 saturated carbocycles. The molecule has 0 spiro atoms. The van der Waals surface area contributed by atoms with Crippen molar-refractivity contribution in [3.8, 4) is 6.01 Å². The van der Waals surface area contributed by atoms with Gasteiger partial charge in [-0.05, 0) is 30.4 Å². The molecule has 1 aromatic carbocycles. The van der Waals surface area contributed by atoms with Gasteiger partial charge in [-0.1, -0.05) is 62.6 Å². The van der Waals surface area contributed by atoms with Crippen LogP contribution in [0.25, 0.3) is 0 Å². The van der Waals surface area contributed by atoms with Gasteiger partial charge in [-0.15, -0.1) is 0 Å². The Morgan fingerprint density at radius 2 is 1.79 bits per heavy atom.